The largest absolute Gasteiger partial charge is 0.469 e. The maximum atomic E-state index is 12.5. The van der Waals surface area contributed by atoms with Crippen LogP contribution in [0.4, 0.5) is 8.78 Å². The normalized spacial score (nSPS) is 33.1. The van der Waals surface area contributed by atoms with Gasteiger partial charge in [0.25, 0.3) is 5.92 Å². The van der Waals surface area contributed by atoms with Crippen molar-refractivity contribution in [1.29, 1.82) is 0 Å². The molecule has 2 N–H and O–H groups in total. The van der Waals surface area contributed by atoms with Crippen LogP contribution in [0.2, 0.25) is 0 Å². The summed E-state index contributed by atoms with van der Waals surface area (Å²) in [5.74, 6) is -6.14. The van der Waals surface area contributed by atoms with Gasteiger partial charge in [0.1, 0.15) is 5.92 Å². The van der Waals surface area contributed by atoms with E-state index in [2.05, 4.69) is 4.74 Å². The summed E-state index contributed by atoms with van der Waals surface area (Å²) in [4.78, 5) is 10.6. The van der Waals surface area contributed by atoms with Gasteiger partial charge in [0.15, 0.2) is 0 Å². The summed E-state index contributed by atoms with van der Waals surface area (Å²) in [5, 5.41) is 0. The van der Waals surface area contributed by atoms with Crippen LogP contribution in [0.5, 0.6) is 0 Å². The summed E-state index contributed by atoms with van der Waals surface area (Å²) in [6, 6.07) is 0. The smallest absolute Gasteiger partial charge is 0.315 e. The lowest BCUT2D eigenvalue weighted by Gasteiger charge is -1.93. The van der Waals surface area contributed by atoms with Crippen LogP contribution < -0.4 is 5.73 Å². The summed E-state index contributed by atoms with van der Waals surface area (Å²) in [6.45, 7) is -0.174. The zero-order chi connectivity index (χ0) is 8.65. The first-order valence-corrected chi connectivity index (χ1v) is 3.21. The molecule has 0 heterocycles. The Kier molecular flexibility index (Phi) is 1.83. The summed E-state index contributed by atoms with van der Waals surface area (Å²) >= 11 is 0. The molecule has 5 heteroatoms. The van der Waals surface area contributed by atoms with E-state index in [4.69, 9.17) is 5.73 Å². The van der Waals surface area contributed by atoms with Crippen molar-refractivity contribution in [1.82, 2.24) is 0 Å². The molecular formula is C6H9F2NO2. The molecule has 0 aromatic carbocycles. The molecule has 0 aliphatic heterocycles. The first-order chi connectivity index (χ1) is 5.05. The Morgan fingerprint density at radius 1 is 1.73 bits per heavy atom. The molecule has 2 atom stereocenters. The fourth-order valence-electron chi connectivity index (χ4n) is 1.13. The van der Waals surface area contributed by atoms with Gasteiger partial charge in [-0.2, -0.15) is 0 Å². The number of methoxy groups -OCH3 is 1. The number of rotatable bonds is 2. The number of carbonyl (C=O) groups excluding carboxylic acids is 1. The summed E-state index contributed by atoms with van der Waals surface area (Å²) < 4.78 is 29.2. The number of hydrogen-bond donors (Lipinski definition) is 1. The van der Waals surface area contributed by atoms with Crippen LogP contribution in [0.15, 0.2) is 0 Å². The molecular weight excluding hydrogens is 156 g/mol. The van der Waals surface area contributed by atoms with Gasteiger partial charge in [-0.25, -0.2) is 8.78 Å². The van der Waals surface area contributed by atoms with Crippen molar-refractivity contribution >= 4 is 5.97 Å². The second kappa shape index (κ2) is 2.41. The van der Waals surface area contributed by atoms with Gasteiger partial charge in [-0.3, -0.25) is 4.79 Å². The number of esters is 1. The summed E-state index contributed by atoms with van der Waals surface area (Å²) in [5.41, 5.74) is 5.00. The molecule has 0 saturated heterocycles. The number of carbonyl (C=O) groups is 1. The van der Waals surface area contributed by atoms with E-state index in [9.17, 15) is 13.6 Å². The van der Waals surface area contributed by atoms with E-state index < -0.39 is 23.7 Å². The minimum absolute atomic E-state index is 0.174. The van der Waals surface area contributed by atoms with Crippen LogP contribution in [-0.2, 0) is 9.53 Å². The Balaban J connectivity index is 2.58. The molecule has 0 radical (unpaired) electrons. The Morgan fingerprint density at radius 3 is 2.55 bits per heavy atom. The van der Waals surface area contributed by atoms with Gasteiger partial charge in [-0.15, -0.1) is 0 Å². The van der Waals surface area contributed by atoms with Crippen molar-refractivity contribution in [2.75, 3.05) is 13.7 Å². The molecule has 64 valence electrons. The van der Waals surface area contributed by atoms with Crippen molar-refractivity contribution in [3.8, 4) is 0 Å². The van der Waals surface area contributed by atoms with Crippen LogP contribution >= 0.6 is 0 Å². The Hall–Kier alpha value is -0.710. The zero-order valence-corrected chi connectivity index (χ0v) is 6.01. The minimum atomic E-state index is -2.94. The van der Waals surface area contributed by atoms with Gasteiger partial charge in [0, 0.05) is 6.54 Å². The molecule has 1 rings (SSSR count). The molecule has 11 heavy (non-hydrogen) atoms. The van der Waals surface area contributed by atoms with E-state index >= 15 is 0 Å². The zero-order valence-electron chi connectivity index (χ0n) is 6.01. The summed E-state index contributed by atoms with van der Waals surface area (Å²) in [7, 11) is 1.09. The molecule has 3 nitrogen and oxygen atoms in total. The standard InChI is InChI=1S/C6H9F2NO2/c1-11-5(10)4-3(2-9)6(4,7)8/h3-4H,2,9H2,1H3/t3-,4-/m0/s1. The quantitative estimate of drug-likeness (QED) is 0.586. The molecule has 0 unspecified atom stereocenters. The molecule has 0 amide bonds. The number of nitrogens with two attached hydrogens (primary N) is 1. The third kappa shape index (κ3) is 1.09. The van der Waals surface area contributed by atoms with Crippen molar-refractivity contribution in [3.05, 3.63) is 0 Å². The van der Waals surface area contributed by atoms with E-state index in [0.717, 1.165) is 7.11 Å². The predicted octanol–water partition coefficient (Wildman–Crippen LogP) is -0.000600. The van der Waals surface area contributed by atoms with Crippen LogP contribution in [0.1, 0.15) is 0 Å². The monoisotopic (exact) mass is 165 g/mol. The van der Waals surface area contributed by atoms with Gasteiger partial charge in [0.05, 0.1) is 13.0 Å². The third-order valence-corrected chi connectivity index (χ3v) is 1.91. The van der Waals surface area contributed by atoms with E-state index in [0.29, 0.717) is 0 Å². The Morgan fingerprint density at radius 2 is 2.27 bits per heavy atom. The van der Waals surface area contributed by atoms with Gasteiger partial charge < -0.3 is 10.5 Å². The number of halogens is 2. The lowest BCUT2D eigenvalue weighted by atomic mass is 10.3. The maximum Gasteiger partial charge on any atom is 0.315 e. The molecule has 0 aromatic rings. The number of hydrogen-bond acceptors (Lipinski definition) is 3. The van der Waals surface area contributed by atoms with E-state index in [1.807, 2.05) is 0 Å². The highest BCUT2D eigenvalue weighted by atomic mass is 19.3. The van der Waals surface area contributed by atoms with E-state index in [1.54, 1.807) is 0 Å². The van der Waals surface area contributed by atoms with Gasteiger partial charge in [-0.05, 0) is 0 Å². The lowest BCUT2D eigenvalue weighted by Crippen LogP contribution is -2.09. The first kappa shape index (κ1) is 8.39. The van der Waals surface area contributed by atoms with Crippen LogP contribution in [0, 0.1) is 11.8 Å². The summed E-state index contributed by atoms with van der Waals surface area (Å²) in [6.07, 6.45) is 0. The van der Waals surface area contributed by atoms with E-state index in [-0.39, 0.29) is 6.54 Å². The van der Waals surface area contributed by atoms with Gasteiger partial charge in [0.2, 0.25) is 0 Å². The van der Waals surface area contributed by atoms with Crippen LogP contribution in [-0.4, -0.2) is 25.5 Å². The third-order valence-electron chi connectivity index (χ3n) is 1.91. The SMILES string of the molecule is COC(=O)[C@@H]1[C@H](CN)C1(F)F. The predicted molar refractivity (Wildman–Crippen MR) is 33.0 cm³/mol. The topological polar surface area (TPSA) is 52.3 Å². The Bertz CT molecular complexity index is 183. The minimum Gasteiger partial charge on any atom is -0.469 e. The maximum absolute atomic E-state index is 12.5. The lowest BCUT2D eigenvalue weighted by molar-refractivity contribution is -0.144. The molecule has 1 aliphatic carbocycles. The fraction of sp³-hybridized carbons (Fsp3) is 0.833. The highest BCUT2D eigenvalue weighted by Crippen LogP contribution is 2.54. The molecule has 1 fully saturated rings. The number of alkyl halides is 2. The van der Waals surface area contributed by atoms with Crippen LogP contribution in [0.3, 0.4) is 0 Å². The molecule has 0 aromatic heterocycles. The van der Waals surface area contributed by atoms with E-state index in [1.165, 1.54) is 0 Å². The highest BCUT2D eigenvalue weighted by molar-refractivity contribution is 5.78. The second-order valence-corrected chi connectivity index (χ2v) is 2.52. The molecule has 0 bridgehead atoms. The number of ether oxygens (including phenoxy) is 1. The molecule has 0 spiro atoms. The first-order valence-electron chi connectivity index (χ1n) is 3.21. The highest BCUT2D eigenvalue weighted by Gasteiger charge is 2.71. The van der Waals surface area contributed by atoms with Crippen molar-refractivity contribution < 1.29 is 18.3 Å². The van der Waals surface area contributed by atoms with Crippen LogP contribution in [0.25, 0.3) is 0 Å². The molecule has 1 aliphatic rings. The Labute approximate surface area is 62.5 Å². The van der Waals surface area contributed by atoms with Crippen molar-refractivity contribution in [2.45, 2.75) is 5.92 Å². The molecule has 1 saturated carbocycles. The van der Waals surface area contributed by atoms with Crippen molar-refractivity contribution in [2.24, 2.45) is 17.6 Å². The average Bonchev–Trinajstić information content (AvgIpc) is 2.51. The second-order valence-electron chi connectivity index (χ2n) is 2.52. The van der Waals surface area contributed by atoms with Crippen molar-refractivity contribution in [3.63, 3.8) is 0 Å². The fourth-order valence-corrected chi connectivity index (χ4v) is 1.13. The van der Waals surface area contributed by atoms with Gasteiger partial charge in [-0.1, -0.05) is 0 Å². The average molecular weight is 165 g/mol. The van der Waals surface area contributed by atoms with Gasteiger partial charge >= 0.3 is 5.97 Å².